The normalized spacial score (nSPS) is 11.9. The van der Waals surface area contributed by atoms with Crippen molar-refractivity contribution in [2.75, 3.05) is 24.8 Å². The number of ether oxygens (including phenoxy) is 3. The third-order valence-corrected chi connectivity index (χ3v) is 8.74. The minimum atomic E-state index is -3.41. The Bertz CT molecular complexity index is 1630. The van der Waals surface area contributed by atoms with Gasteiger partial charge in [-0.15, -0.1) is 0 Å². The monoisotopic (exact) mass is 579 g/mol. The number of amides is 1. The molecule has 4 rings (SSSR count). The number of unbranched alkanes of at least 4 members (excludes halogenated alkanes) is 1. The van der Waals surface area contributed by atoms with Crippen LogP contribution in [0.3, 0.4) is 0 Å². The second-order valence-corrected chi connectivity index (χ2v) is 12.1. The second-order valence-electron chi connectivity index (χ2n) is 8.79. The SMILES string of the molecule is CCCCOc1cc2nc(NC(=O)C(Oc3ccc(C#N)cc3)c3ccc(S(=O)(=O)CC)cc3)sc2cc1OC. The van der Waals surface area contributed by atoms with Gasteiger partial charge in [-0.25, -0.2) is 13.4 Å². The van der Waals surface area contributed by atoms with Crippen LogP contribution in [-0.4, -0.2) is 38.8 Å². The maximum atomic E-state index is 13.5. The van der Waals surface area contributed by atoms with Crippen molar-refractivity contribution in [3.8, 4) is 23.3 Å². The fourth-order valence-corrected chi connectivity index (χ4v) is 5.56. The molecule has 40 heavy (non-hydrogen) atoms. The van der Waals surface area contributed by atoms with Crippen LogP contribution in [0.2, 0.25) is 0 Å². The van der Waals surface area contributed by atoms with Gasteiger partial charge in [0.25, 0.3) is 5.91 Å². The van der Waals surface area contributed by atoms with E-state index in [4.69, 9.17) is 19.5 Å². The minimum Gasteiger partial charge on any atom is -0.493 e. The van der Waals surface area contributed by atoms with E-state index in [2.05, 4.69) is 17.2 Å². The molecule has 1 N–H and O–H groups in total. The molecule has 0 aliphatic heterocycles. The van der Waals surface area contributed by atoms with Crippen molar-refractivity contribution in [1.29, 1.82) is 5.26 Å². The van der Waals surface area contributed by atoms with Crippen LogP contribution in [0, 0.1) is 11.3 Å². The lowest BCUT2D eigenvalue weighted by atomic mass is 10.1. The number of nitriles is 1. The first-order valence-corrected chi connectivity index (χ1v) is 15.2. The average molecular weight is 580 g/mol. The number of anilines is 1. The van der Waals surface area contributed by atoms with E-state index in [-0.39, 0.29) is 10.6 Å². The number of hydrogen-bond acceptors (Lipinski definition) is 9. The zero-order valence-electron chi connectivity index (χ0n) is 22.3. The van der Waals surface area contributed by atoms with Crippen LogP contribution >= 0.6 is 11.3 Å². The van der Waals surface area contributed by atoms with Crippen molar-refractivity contribution in [2.45, 2.75) is 37.7 Å². The Balaban J connectivity index is 1.63. The summed E-state index contributed by atoms with van der Waals surface area (Å²) in [6, 6.07) is 18.0. The van der Waals surface area contributed by atoms with Crippen LogP contribution in [0.1, 0.15) is 43.9 Å². The molecule has 0 fully saturated rings. The molecule has 1 atom stereocenters. The van der Waals surface area contributed by atoms with Gasteiger partial charge in [0.1, 0.15) is 5.75 Å². The van der Waals surface area contributed by atoms with E-state index in [1.165, 1.54) is 23.5 Å². The van der Waals surface area contributed by atoms with Crippen LogP contribution < -0.4 is 19.5 Å². The summed E-state index contributed by atoms with van der Waals surface area (Å²) in [5.74, 6) is 0.990. The van der Waals surface area contributed by atoms with Gasteiger partial charge in [-0.1, -0.05) is 43.7 Å². The third kappa shape index (κ3) is 6.70. The van der Waals surface area contributed by atoms with Gasteiger partial charge < -0.3 is 14.2 Å². The Labute approximate surface area is 237 Å². The number of sulfone groups is 1. The molecule has 1 unspecified atom stereocenters. The number of methoxy groups -OCH3 is 1. The summed E-state index contributed by atoms with van der Waals surface area (Å²) in [7, 11) is -1.84. The van der Waals surface area contributed by atoms with Crippen molar-refractivity contribution in [3.05, 3.63) is 71.8 Å². The van der Waals surface area contributed by atoms with E-state index >= 15 is 0 Å². The summed E-state index contributed by atoms with van der Waals surface area (Å²) >= 11 is 1.28. The van der Waals surface area contributed by atoms with Crippen molar-refractivity contribution in [3.63, 3.8) is 0 Å². The minimum absolute atomic E-state index is 0.0360. The number of thiazole rings is 1. The van der Waals surface area contributed by atoms with Gasteiger partial charge in [0.2, 0.25) is 6.10 Å². The van der Waals surface area contributed by atoms with Crippen molar-refractivity contribution in [2.24, 2.45) is 0 Å². The molecule has 0 aliphatic carbocycles. The van der Waals surface area contributed by atoms with Crippen LogP contribution in [0.5, 0.6) is 17.2 Å². The van der Waals surface area contributed by atoms with E-state index in [1.807, 2.05) is 12.1 Å². The Kier molecular flexibility index (Phi) is 9.24. The summed E-state index contributed by atoms with van der Waals surface area (Å²) in [5.41, 5.74) is 1.54. The molecule has 0 aliphatic rings. The van der Waals surface area contributed by atoms with Gasteiger partial charge in [0.05, 0.1) is 46.2 Å². The number of fused-ring (bicyclic) bond motifs is 1. The molecule has 208 valence electrons. The highest BCUT2D eigenvalue weighted by atomic mass is 32.2. The molecule has 9 nitrogen and oxygen atoms in total. The van der Waals surface area contributed by atoms with Gasteiger partial charge >= 0.3 is 0 Å². The van der Waals surface area contributed by atoms with Gasteiger partial charge in [-0.2, -0.15) is 5.26 Å². The summed E-state index contributed by atoms with van der Waals surface area (Å²) in [6.07, 6.45) is 0.784. The highest BCUT2D eigenvalue weighted by molar-refractivity contribution is 7.91. The number of carbonyl (C=O) groups excluding carboxylic acids is 1. The second kappa shape index (κ2) is 12.8. The number of nitrogens with zero attached hydrogens (tertiary/aromatic N) is 2. The Hall–Kier alpha value is -4.14. The molecule has 0 bridgehead atoms. The maximum Gasteiger partial charge on any atom is 0.271 e. The van der Waals surface area contributed by atoms with Crippen LogP contribution in [0.4, 0.5) is 5.13 Å². The summed E-state index contributed by atoms with van der Waals surface area (Å²) in [5, 5.41) is 12.3. The molecule has 1 amide bonds. The Morgan fingerprint density at radius 2 is 1.80 bits per heavy atom. The first-order chi connectivity index (χ1) is 19.3. The molecule has 0 saturated carbocycles. The Morgan fingerprint density at radius 1 is 1.07 bits per heavy atom. The van der Waals surface area contributed by atoms with E-state index in [0.717, 1.165) is 17.5 Å². The first-order valence-electron chi connectivity index (χ1n) is 12.7. The van der Waals surface area contributed by atoms with Gasteiger partial charge in [0, 0.05) is 17.7 Å². The summed E-state index contributed by atoms with van der Waals surface area (Å²) in [4.78, 5) is 18.3. The summed E-state index contributed by atoms with van der Waals surface area (Å²) in [6.45, 7) is 4.21. The first kappa shape index (κ1) is 28.9. The lowest BCUT2D eigenvalue weighted by Gasteiger charge is -2.19. The molecule has 1 heterocycles. The molecule has 0 radical (unpaired) electrons. The summed E-state index contributed by atoms with van der Waals surface area (Å²) < 4.78 is 42.7. The van der Waals surface area contributed by atoms with Crippen LogP contribution in [-0.2, 0) is 14.6 Å². The lowest BCUT2D eigenvalue weighted by molar-refractivity contribution is -0.123. The number of carbonyl (C=O) groups is 1. The predicted octanol–water partition coefficient (Wildman–Crippen LogP) is 5.91. The van der Waals surface area contributed by atoms with E-state index in [9.17, 15) is 13.2 Å². The maximum absolute atomic E-state index is 13.5. The number of hydrogen-bond donors (Lipinski definition) is 1. The lowest BCUT2D eigenvalue weighted by Crippen LogP contribution is -2.25. The quantitative estimate of drug-likeness (QED) is 0.205. The van der Waals surface area contributed by atoms with Crippen LogP contribution in [0.25, 0.3) is 10.2 Å². The highest BCUT2D eigenvalue weighted by Crippen LogP contribution is 2.37. The van der Waals surface area contributed by atoms with E-state index < -0.39 is 21.8 Å². The van der Waals surface area contributed by atoms with Crippen molar-refractivity contribution >= 4 is 42.4 Å². The number of nitrogens with one attached hydrogen (secondary N) is 1. The molecule has 0 spiro atoms. The molecular weight excluding hydrogens is 550 g/mol. The molecule has 3 aromatic carbocycles. The molecule has 4 aromatic rings. The number of benzene rings is 3. The van der Waals surface area contributed by atoms with E-state index in [1.54, 1.807) is 56.5 Å². The smallest absolute Gasteiger partial charge is 0.271 e. The van der Waals surface area contributed by atoms with Gasteiger partial charge in [-0.3, -0.25) is 10.1 Å². The zero-order valence-corrected chi connectivity index (χ0v) is 24.0. The molecule has 1 aromatic heterocycles. The molecule has 11 heteroatoms. The van der Waals surface area contributed by atoms with Gasteiger partial charge in [-0.05, 0) is 42.8 Å². The van der Waals surface area contributed by atoms with Crippen molar-refractivity contribution in [1.82, 2.24) is 4.98 Å². The standard InChI is InChI=1S/C29H29N3O6S2/c1-4-6-15-37-25-16-23-26(17-24(25)36-3)39-29(31-23)32-28(33)27(38-21-11-7-19(18-30)8-12-21)20-9-13-22(14-10-20)40(34,35)5-2/h7-14,16-17,27H,4-6,15H2,1-3H3,(H,31,32,33). The van der Waals surface area contributed by atoms with Crippen LogP contribution in [0.15, 0.2) is 65.6 Å². The fraction of sp³-hybridized carbons (Fsp3) is 0.276. The third-order valence-electron chi connectivity index (χ3n) is 6.06. The Morgan fingerprint density at radius 3 is 2.42 bits per heavy atom. The topological polar surface area (TPSA) is 128 Å². The number of aromatic nitrogens is 1. The molecular formula is C29H29N3O6S2. The van der Waals surface area contributed by atoms with Gasteiger partial charge in [0.15, 0.2) is 26.5 Å². The predicted molar refractivity (Wildman–Crippen MR) is 154 cm³/mol. The van der Waals surface area contributed by atoms with Crippen molar-refractivity contribution < 1.29 is 27.4 Å². The number of rotatable bonds is 12. The fourth-order valence-electron chi connectivity index (χ4n) is 3.79. The van der Waals surface area contributed by atoms with E-state index in [0.29, 0.717) is 45.6 Å². The average Bonchev–Trinajstić information content (AvgIpc) is 3.36. The largest absolute Gasteiger partial charge is 0.493 e. The zero-order chi connectivity index (χ0) is 28.7. The molecule has 0 saturated heterocycles. The highest BCUT2D eigenvalue weighted by Gasteiger charge is 2.25.